The Morgan fingerprint density at radius 3 is 2.74 bits per heavy atom. The zero-order valence-electron chi connectivity index (χ0n) is 11.6. The normalized spacial score (nSPS) is 18.8. The molecule has 4 nitrogen and oxygen atoms in total. The van der Waals surface area contributed by atoms with E-state index in [0.717, 1.165) is 32.1 Å². The van der Waals surface area contributed by atoms with E-state index in [1.54, 1.807) is 12.1 Å². The lowest BCUT2D eigenvalue weighted by Crippen LogP contribution is -2.54. The van der Waals surface area contributed by atoms with Crippen LogP contribution in [0.15, 0.2) is 24.3 Å². The van der Waals surface area contributed by atoms with Crippen LogP contribution < -0.4 is 4.74 Å². The van der Waals surface area contributed by atoms with Crippen LogP contribution in [0.5, 0.6) is 5.75 Å². The Morgan fingerprint density at radius 1 is 1.37 bits per heavy atom. The molecule has 1 saturated heterocycles. The van der Waals surface area contributed by atoms with Crippen molar-refractivity contribution in [3.63, 3.8) is 0 Å². The maximum Gasteiger partial charge on any atom is 0.119 e. The number of nitriles is 1. The third-order valence-electron chi connectivity index (χ3n) is 3.43. The molecule has 1 aromatic carbocycles. The minimum absolute atomic E-state index is 0.0757. The number of rotatable bonds is 4. The summed E-state index contributed by atoms with van der Waals surface area (Å²) in [6.45, 7) is 8.42. The molecule has 4 heteroatoms. The van der Waals surface area contributed by atoms with Crippen LogP contribution in [-0.4, -0.2) is 43.3 Å². The molecule has 1 aliphatic heterocycles. The van der Waals surface area contributed by atoms with E-state index < -0.39 is 0 Å². The molecule has 2 rings (SSSR count). The van der Waals surface area contributed by atoms with Gasteiger partial charge in [0.2, 0.25) is 0 Å². The molecule has 0 unspecified atom stereocenters. The van der Waals surface area contributed by atoms with Crippen LogP contribution in [0.2, 0.25) is 0 Å². The number of hydrogen-bond donors (Lipinski definition) is 0. The first-order chi connectivity index (χ1) is 9.12. The predicted molar refractivity (Wildman–Crippen MR) is 73.1 cm³/mol. The molecule has 1 aliphatic rings. The van der Waals surface area contributed by atoms with Crippen molar-refractivity contribution >= 4 is 0 Å². The molecule has 0 amide bonds. The molecule has 0 aromatic heterocycles. The molecule has 1 fully saturated rings. The lowest BCUT2D eigenvalue weighted by Gasteiger charge is -2.41. The van der Waals surface area contributed by atoms with E-state index in [4.69, 9.17) is 14.7 Å². The van der Waals surface area contributed by atoms with Gasteiger partial charge >= 0.3 is 0 Å². The predicted octanol–water partition coefficient (Wildman–Crippen LogP) is 2.05. The molecule has 19 heavy (non-hydrogen) atoms. The van der Waals surface area contributed by atoms with Crippen molar-refractivity contribution in [2.45, 2.75) is 19.4 Å². The number of hydrogen-bond acceptors (Lipinski definition) is 4. The maximum absolute atomic E-state index is 8.72. The first-order valence-electron chi connectivity index (χ1n) is 6.57. The Labute approximate surface area is 114 Å². The van der Waals surface area contributed by atoms with Gasteiger partial charge in [-0.15, -0.1) is 0 Å². The van der Waals surface area contributed by atoms with Crippen LogP contribution in [0.1, 0.15) is 19.4 Å². The first-order valence-corrected chi connectivity index (χ1v) is 6.57. The zero-order chi connectivity index (χ0) is 13.7. The quantitative estimate of drug-likeness (QED) is 0.831. The fraction of sp³-hybridized carbons (Fsp3) is 0.533. The van der Waals surface area contributed by atoms with E-state index in [9.17, 15) is 0 Å². The first kappa shape index (κ1) is 13.9. The monoisotopic (exact) mass is 260 g/mol. The Kier molecular flexibility index (Phi) is 4.41. The van der Waals surface area contributed by atoms with Crippen LogP contribution >= 0.6 is 0 Å². The zero-order valence-corrected chi connectivity index (χ0v) is 11.6. The van der Waals surface area contributed by atoms with Gasteiger partial charge in [-0.05, 0) is 38.1 Å². The lowest BCUT2D eigenvalue weighted by molar-refractivity contribution is -0.0547. The summed E-state index contributed by atoms with van der Waals surface area (Å²) < 4.78 is 11.2. The molecule has 0 saturated carbocycles. The molecule has 1 aromatic rings. The molecular formula is C15H20N2O2. The molecule has 0 bridgehead atoms. The standard InChI is InChI=1S/C15H20N2O2/c1-15(2)12-18-9-7-17(15)8-10-19-14-5-3-13(11-16)4-6-14/h3-6H,7-10,12H2,1-2H3. The Morgan fingerprint density at radius 2 is 2.11 bits per heavy atom. The van der Waals surface area contributed by atoms with Crippen molar-refractivity contribution in [1.29, 1.82) is 5.26 Å². The highest BCUT2D eigenvalue weighted by Gasteiger charge is 2.29. The summed E-state index contributed by atoms with van der Waals surface area (Å²) in [6, 6.07) is 9.31. The van der Waals surface area contributed by atoms with Crippen LogP contribution in [0.4, 0.5) is 0 Å². The van der Waals surface area contributed by atoms with Crippen molar-refractivity contribution in [2.75, 3.05) is 32.9 Å². The summed E-state index contributed by atoms with van der Waals surface area (Å²) in [5.41, 5.74) is 0.730. The van der Waals surface area contributed by atoms with Crippen molar-refractivity contribution in [3.05, 3.63) is 29.8 Å². The van der Waals surface area contributed by atoms with Crippen molar-refractivity contribution in [1.82, 2.24) is 4.90 Å². The van der Waals surface area contributed by atoms with Gasteiger partial charge in [-0.3, -0.25) is 4.90 Å². The summed E-state index contributed by atoms with van der Waals surface area (Å²) in [4.78, 5) is 2.39. The largest absolute Gasteiger partial charge is 0.492 e. The van der Waals surface area contributed by atoms with E-state index in [0.29, 0.717) is 12.2 Å². The highest BCUT2D eigenvalue weighted by molar-refractivity contribution is 5.34. The second-order valence-electron chi connectivity index (χ2n) is 5.34. The van der Waals surface area contributed by atoms with E-state index >= 15 is 0 Å². The fourth-order valence-corrected chi connectivity index (χ4v) is 2.20. The Hall–Kier alpha value is -1.57. The van der Waals surface area contributed by atoms with Gasteiger partial charge in [0.05, 0.1) is 24.8 Å². The maximum atomic E-state index is 8.72. The lowest BCUT2D eigenvalue weighted by atomic mass is 10.0. The SMILES string of the molecule is CC1(C)COCCN1CCOc1ccc(C#N)cc1. The van der Waals surface area contributed by atoms with E-state index in [-0.39, 0.29) is 5.54 Å². The molecule has 0 atom stereocenters. The molecule has 1 heterocycles. The molecular weight excluding hydrogens is 240 g/mol. The van der Waals surface area contributed by atoms with Crippen LogP contribution in [0, 0.1) is 11.3 Å². The fourth-order valence-electron chi connectivity index (χ4n) is 2.20. The molecule has 102 valence electrons. The number of benzene rings is 1. The third-order valence-corrected chi connectivity index (χ3v) is 3.43. The minimum atomic E-state index is 0.0757. The minimum Gasteiger partial charge on any atom is -0.492 e. The Balaban J connectivity index is 1.81. The molecule has 0 aliphatic carbocycles. The summed E-state index contributed by atoms with van der Waals surface area (Å²) >= 11 is 0. The van der Waals surface area contributed by atoms with Gasteiger partial charge in [0, 0.05) is 18.6 Å². The van der Waals surface area contributed by atoms with Crippen LogP contribution in [-0.2, 0) is 4.74 Å². The molecule has 0 N–H and O–H groups in total. The van der Waals surface area contributed by atoms with E-state index in [2.05, 4.69) is 24.8 Å². The molecule has 0 radical (unpaired) electrons. The Bertz CT molecular complexity index is 448. The smallest absolute Gasteiger partial charge is 0.119 e. The van der Waals surface area contributed by atoms with Gasteiger partial charge < -0.3 is 9.47 Å². The average Bonchev–Trinajstić information content (AvgIpc) is 2.41. The van der Waals surface area contributed by atoms with Crippen molar-refractivity contribution in [2.24, 2.45) is 0 Å². The summed E-state index contributed by atoms with van der Waals surface area (Å²) in [6.07, 6.45) is 0. The highest BCUT2D eigenvalue weighted by Crippen LogP contribution is 2.18. The van der Waals surface area contributed by atoms with Crippen LogP contribution in [0.25, 0.3) is 0 Å². The average molecular weight is 260 g/mol. The summed E-state index contributed by atoms with van der Waals surface area (Å²) in [7, 11) is 0. The van der Waals surface area contributed by atoms with Gasteiger partial charge in [0.15, 0.2) is 0 Å². The van der Waals surface area contributed by atoms with Gasteiger partial charge in [-0.25, -0.2) is 0 Å². The van der Waals surface area contributed by atoms with Gasteiger partial charge in [0.1, 0.15) is 12.4 Å². The van der Waals surface area contributed by atoms with E-state index in [1.807, 2.05) is 12.1 Å². The number of morpholine rings is 1. The number of ether oxygens (including phenoxy) is 2. The van der Waals surface area contributed by atoms with E-state index in [1.165, 1.54) is 0 Å². The van der Waals surface area contributed by atoms with Gasteiger partial charge in [-0.2, -0.15) is 5.26 Å². The second kappa shape index (κ2) is 6.05. The van der Waals surface area contributed by atoms with Crippen molar-refractivity contribution in [3.8, 4) is 11.8 Å². The summed E-state index contributed by atoms with van der Waals surface area (Å²) in [5, 5.41) is 8.72. The second-order valence-corrected chi connectivity index (χ2v) is 5.34. The summed E-state index contributed by atoms with van der Waals surface area (Å²) in [5.74, 6) is 0.810. The van der Waals surface area contributed by atoms with Gasteiger partial charge in [0.25, 0.3) is 0 Å². The number of nitrogens with zero attached hydrogens (tertiary/aromatic N) is 2. The van der Waals surface area contributed by atoms with Crippen LogP contribution in [0.3, 0.4) is 0 Å². The van der Waals surface area contributed by atoms with Crippen molar-refractivity contribution < 1.29 is 9.47 Å². The topological polar surface area (TPSA) is 45.5 Å². The molecule has 0 spiro atoms. The highest BCUT2D eigenvalue weighted by atomic mass is 16.5. The third kappa shape index (κ3) is 3.69. The van der Waals surface area contributed by atoms with Gasteiger partial charge in [-0.1, -0.05) is 0 Å².